The lowest BCUT2D eigenvalue weighted by atomic mass is 10.0. The van der Waals surface area contributed by atoms with Gasteiger partial charge >= 0.3 is 0 Å². The Morgan fingerprint density at radius 1 is 1.36 bits per heavy atom. The minimum Gasteiger partial charge on any atom is -0.366 e. The number of nitrogens with zero attached hydrogens (tertiary/aromatic N) is 1. The van der Waals surface area contributed by atoms with Crippen molar-refractivity contribution in [3.63, 3.8) is 0 Å². The zero-order valence-corrected chi connectivity index (χ0v) is 12.6. The maximum atomic E-state index is 13.1. The minimum atomic E-state index is -0.276. The fourth-order valence-corrected chi connectivity index (χ4v) is 3.05. The van der Waals surface area contributed by atoms with E-state index in [9.17, 15) is 9.18 Å². The summed E-state index contributed by atoms with van der Waals surface area (Å²) in [5.74, 6) is 0.281. The second-order valence-electron chi connectivity index (χ2n) is 5.75. The van der Waals surface area contributed by atoms with Crippen molar-refractivity contribution in [1.29, 1.82) is 0 Å². The second kappa shape index (κ2) is 6.32. The van der Waals surface area contributed by atoms with Crippen LogP contribution in [0.4, 0.5) is 4.39 Å². The Balaban J connectivity index is 1.80. The highest BCUT2D eigenvalue weighted by Gasteiger charge is 2.28. The molecule has 0 spiro atoms. The highest BCUT2D eigenvalue weighted by Crippen LogP contribution is 2.26. The Bertz CT molecular complexity index is 650. The summed E-state index contributed by atoms with van der Waals surface area (Å²) in [6, 6.07) is 6.22. The molecule has 22 heavy (non-hydrogen) atoms. The smallest absolute Gasteiger partial charge is 0.256 e. The number of nitrogens with one attached hydrogen (secondary N) is 2. The van der Waals surface area contributed by atoms with E-state index in [4.69, 9.17) is 0 Å². The van der Waals surface area contributed by atoms with Crippen LogP contribution in [0.3, 0.4) is 0 Å². The molecule has 1 aliphatic heterocycles. The SMILES string of the molecule is CNC[C@@H]1CCN(C(=O)c2c[nH]cc2-c2ccc(F)cc2)C1. The lowest BCUT2D eigenvalue weighted by molar-refractivity contribution is 0.0788. The molecular formula is C17H20FN3O. The fraction of sp³-hybridized carbons (Fsp3) is 0.353. The average Bonchev–Trinajstić information content (AvgIpc) is 3.17. The molecule has 3 rings (SSSR count). The number of likely N-dealkylation sites (tertiary alicyclic amines) is 1. The van der Waals surface area contributed by atoms with E-state index < -0.39 is 0 Å². The van der Waals surface area contributed by atoms with E-state index >= 15 is 0 Å². The van der Waals surface area contributed by atoms with E-state index in [0.717, 1.165) is 37.2 Å². The van der Waals surface area contributed by atoms with Crippen molar-refractivity contribution in [2.75, 3.05) is 26.7 Å². The van der Waals surface area contributed by atoms with E-state index in [1.807, 2.05) is 11.9 Å². The Hall–Kier alpha value is -2.14. The summed E-state index contributed by atoms with van der Waals surface area (Å²) in [5, 5.41) is 3.17. The van der Waals surface area contributed by atoms with E-state index in [2.05, 4.69) is 10.3 Å². The molecule has 1 saturated heterocycles. The van der Waals surface area contributed by atoms with Gasteiger partial charge in [-0.2, -0.15) is 0 Å². The van der Waals surface area contributed by atoms with Crippen molar-refractivity contribution in [2.45, 2.75) is 6.42 Å². The summed E-state index contributed by atoms with van der Waals surface area (Å²) in [4.78, 5) is 17.6. The maximum absolute atomic E-state index is 13.1. The highest BCUT2D eigenvalue weighted by atomic mass is 19.1. The monoisotopic (exact) mass is 301 g/mol. The largest absolute Gasteiger partial charge is 0.366 e. The number of aromatic nitrogens is 1. The van der Waals surface area contributed by atoms with Gasteiger partial charge in [-0.25, -0.2) is 4.39 Å². The molecule has 0 saturated carbocycles. The molecule has 2 aromatic rings. The van der Waals surface area contributed by atoms with Crippen molar-refractivity contribution in [1.82, 2.24) is 15.2 Å². The van der Waals surface area contributed by atoms with Gasteiger partial charge < -0.3 is 15.2 Å². The quantitative estimate of drug-likeness (QED) is 0.911. The molecule has 0 bridgehead atoms. The van der Waals surface area contributed by atoms with Crippen molar-refractivity contribution in [2.24, 2.45) is 5.92 Å². The molecule has 1 atom stereocenters. The van der Waals surface area contributed by atoms with E-state index in [1.165, 1.54) is 12.1 Å². The molecule has 1 aliphatic rings. The molecule has 1 amide bonds. The summed E-state index contributed by atoms with van der Waals surface area (Å²) in [7, 11) is 1.93. The van der Waals surface area contributed by atoms with Gasteiger partial charge in [-0.1, -0.05) is 12.1 Å². The van der Waals surface area contributed by atoms with E-state index in [1.54, 1.807) is 24.5 Å². The summed E-state index contributed by atoms with van der Waals surface area (Å²) < 4.78 is 13.1. The van der Waals surface area contributed by atoms with Crippen molar-refractivity contribution >= 4 is 5.91 Å². The fourth-order valence-electron chi connectivity index (χ4n) is 3.05. The molecule has 4 nitrogen and oxygen atoms in total. The molecule has 2 heterocycles. The van der Waals surface area contributed by atoms with Gasteiger partial charge in [-0.3, -0.25) is 4.79 Å². The van der Waals surface area contributed by atoms with Gasteiger partial charge in [0.2, 0.25) is 0 Å². The van der Waals surface area contributed by atoms with Crippen LogP contribution in [-0.2, 0) is 0 Å². The standard InChI is InChI=1S/C17H20FN3O/c1-19-8-12-6-7-21(11-12)17(22)16-10-20-9-15(16)13-2-4-14(18)5-3-13/h2-5,9-10,12,19-20H,6-8,11H2,1H3/t12-/m0/s1. The number of aromatic amines is 1. The Labute approximate surface area is 129 Å². The number of amides is 1. The molecule has 2 N–H and O–H groups in total. The van der Waals surface area contributed by atoms with Crippen molar-refractivity contribution in [3.05, 3.63) is 48.0 Å². The molecular weight excluding hydrogens is 281 g/mol. The van der Waals surface area contributed by atoms with Gasteiger partial charge in [0.05, 0.1) is 5.56 Å². The second-order valence-corrected chi connectivity index (χ2v) is 5.75. The molecule has 5 heteroatoms. The third-order valence-electron chi connectivity index (χ3n) is 4.20. The highest BCUT2D eigenvalue weighted by molar-refractivity contribution is 6.00. The molecule has 0 radical (unpaired) electrons. The lowest BCUT2D eigenvalue weighted by Gasteiger charge is -2.17. The van der Waals surface area contributed by atoms with Crippen LogP contribution in [-0.4, -0.2) is 42.5 Å². The number of H-pyrrole nitrogens is 1. The van der Waals surface area contributed by atoms with Crippen LogP contribution >= 0.6 is 0 Å². The number of halogens is 1. The van der Waals surface area contributed by atoms with Crippen LogP contribution in [0.25, 0.3) is 11.1 Å². The normalized spacial score (nSPS) is 17.9. The predicted molar refractivity (Wildman–Crippen MR) is 84.1 cm³/mol. The Morgan fingerprint density at radius 3 is 2.86 bits per heavy atom. The number of benzene rings is 1. The first-order valence-corrected chi connectivity index (χ1v) is 7.55. The van der Waals surface area contributed by atoms with Crippen molar-refractivity contribution < 1.29 is 9.18 Å². The summed E-state index contributed by atoms with van der Waals surface area (Å²) >= 11 is 0. The van der Waals surface area contributed by atoms with Gasteiger partial charge in [0.15, 0.2) is 0 Å². The minimum absolute atomic E-state index is 0.0409. The molecule has 0 unspecified atom stereocenters. The average molecular weight is 301 g/mol. The van der Waals surface area contributed by atoms with Crippen LogP contribution < -0.4 is 5.32 Å². The zero-order chi connectivity index (χ0) is 15.5. The number of rotatable bonds is 4. The van der Waals surface area contributed by atoms with Gasteiger partial charge in [0.25, 0.3) is 5.91 Å². The molecule has 1 aromatic heterocycles. The van der Waals surface area contributed by atoms with Gasteiger partial charge in [-0.05, 0) is 43.6 Å². The van der Waals surface area contributed by atoms with Crippen LogP contribution in [0.1, 0.15) is 16.8 Å². The number of hydrogen-bond donors (Lipinski definition) is 2. The van der Waals surface area contributed by atoms with Crippen molar-refractivity contribution in [3.8, 4) is 11.1 Å². The van der Waals surface area contributed by atoms with Gasteiger partial charge in [0.1, 0.15) is 5.82 Å². The topological polar surface area (TPSA) is 48.1 Å². The number of hydrogen-bond acceptors (Lipinski definition) is 2. The molecule has 1 fully saturated rings. The lowest BCUT2D eigenvalue weighted by Crippen LogP contribution is -2.30. The van der Waals surface area contributed by atoms with Gasteiger partial charge in [0, 0.05) is 31.0 Å². The Morgan fingerprint density at radius 2 is 2.14 bits per heavy atom. The number of carbonyl (C=O) groups excluding carboxylic acids is 1. The molecule has 1 aromatic carbocycles. The first-order valence-electron chi connectivity index (χ1n) is 7.55. The molecule has 116 valence electrons. The van der Waals surface area contributed by atoms with Crippen LogP contribution in [0.2, 0.25) is 0 Å². The summed E-state index contributed by atoms with van der Waals surface area (Å²) in [6.45, 7) is 2.51. The predicted octanol–water partition coefficient (Wildman–Crippen LogP) is 2.50. The third-order valence-corrected chi connectivity index (χ3v) is 4.20. The van der Waals surface area contributed by atoms with E-state index in [0.29, 0.717) is 11.5 Å². The first-order chi connectivity index (χ1) is 10.7. The Kier molecular flexibility index (Phi) is 4.24. The molecule has 0 aliphatic carbocycles. The zero-order valence-electron chi connectivity index (χ0n) is 12.6. The van der Waals surface area contributed by atoms with Crippen LogP contribution in [0.5, 0.6) is 0 Å². The number of carbonyl (C=O) groups is 1. The van der Waals surface area contributed by atoms with E-state index in [-0.39, 0.29) is 11.7 Å². The van der Waals surface area contributed by atoms with Gasteiger partial charge in [-0.15, -0.1) is 0 Å². The summed E-state index contributed by atoms with van der Waals surface area (Å²) in [5.41, 5.74) is 2.32. The maximum Gasteiger partial charge on any atom is 0.256 e. The first kappa shape index (κ1) is 14.8. The van der Waals surface area contributed by atoms with Crippen LogP contribution in [0.15, 0.2) is 36.7 Å². The third kappa shape index (κ3) is 2.90. The summed E-state index contributed by atoms with van der Waals surface area (Å²) in [6.07, 6.45) is 4.55. The van der Waals surface area contributed by atoms with Crippen LogP contribution in [0, 0.1) is 11.7 Å².